The molecule has 0 atom stereocenters. The third-order valence-electron chi connectivity index (χ3n) is 3.83. The van der Waals surface area contributed by atoms with Crippen LogP contribution in [0.1, 0.15) is 25.3 Å². The first-order valence-corrected chi connectivity index (χ1v) is 9.94. The van der Waals surface area contributed by atoms with Crippen molar-refractivity contribution in [1.82, 2.24) is 9.62 Å². The first kappa shape index (κ1) is 20.1. The van der Waals surface area contributed by atoms with Gasteiger partial charge >= 0.3 is 0 Å². The van der Waals surface area contributed by atoms with E-state index in [1.54, 1.807) is 18.2 Å². The summed E-state index contributed by atoms with van der Waals surface area (Å²) in [5.41, 5.74) is 0.604. The van der Waals surface area contributed by atoms with Gasteiger partial charge in [0, 0.05) is 13.1 Å². The van der Waals surface area contributed by atoms with Crippen molar-refractivity contribution in [2.24, 2.45) is 0 Å². The molecule has 0 saturated heterocycles. The summed E-state index contributed by atoms with van der Waals surface area (Å²) in [6, 6.07) is 13.5. The fourth-order valence-corrected chi connectivity index (χ4v) is 3.79. The van der Waals surface area contributed by atoms with Gasteiger partial charge in [0.2, 0.25) is 15.9 Å². The van der Waals surface area contributed by atoms with E-state index in [1.165, 1.54) is 36.4 Å². The molecule has 26 heavy (non-hydrogen) atoms. The van der Waals surface area contributed by atoms with Gasteiger partial charge in [-0.1, -0.05) is 43.7 Å². The molecule has 2 aromatic carbocycles. The number of hydrogen-bond acceptors (Lipinski definition) is 3. The zero-order valence-corrected chi connectivity index (χ0v) is 15.5. The highest BCUT2D eigenvalue weighted by molar-refractivity contribution is 7.89. The molecule has 0 aliphatic heterocycles. The van der Waals surface area contributed by atoms with Gasteiger partial charge in [0.15, 0.2) is 0 Å². The average molecular weight is 378 g/mol. The standard InChI is InChI=1S/C19H23FN2O3S/c1-2-3-13-21-19(23)15-22(14-16-9-11-17(20)12-10-16)26(24,25)18-7-5-4-6-8-18/h4-12H,2-3,13-15H2,1H3,(H,21,23). The fourth-order valence-electron chi connectivity index (χ4n) is 2.38. The zero-order chi connectivity index (χ0) is 19.0. The minimum atomic E-state index is -3.86. The Bertz CT molecular complexity index is 808. The van der Waals surface area contributed by atoms with Gasteiger partial charge in [0.1, 0.15) is 5.82 Å². The lowest BCUT2D eigenvalue weighted by Gasteiger charge is -2.22. The van der Waals surface area contributed by atoms with Gasteiger partial charge in [0.05, 0.1) is 11.4 Å². The van der Waals surface area contributed by atoms with Gasteiger partial charge < -0.3 is 5.32 Å². The topological polar surface area (TPSA) is 66.5 Å². The highest BCUT2D eigenvalue weighted by Gasteiger charge is 2.26. The minimum absolute atomic E-state index is 0.0152. The van der Waals surface area contributed by atoms with Crippen LogP contribution in [0.3, 0.4) is 0 Å². The molecule has 2 rings (SSSR count). The molecule has 0 radical (unpaired) electrons. The largest absolute Gasteiger partial charge is 0.355 e. The Morgan fingerprint density at radius 2 is 1.73 bits per heavy atom. The number of sulfonamides is 1. The third kappa shape index (κ3) is 5.64. The van der Waals surface area contributed by atoms with Crippen LogP contribution in [0.15, 0.2) is 59.5 Å². The maximum atomic E-state index is 13.1. The van der Waals surface area contributed by atoms with E-state index in [4.69, 9.17) is 0 Å². The van der Waals surface area contributed by atoms with Crippen molar-refractivity contribution in [3.8, 4) is 0 Å². The molecule has 0 bridgehead atoms. The van der Waals surface area contributed by atoms with E-state index in [2.05, 4.69) is 5.32 Å². The molecular formula is C19H23FN2O3S. The van der Waals surface area contributed by atoms with Gasteiger partial charge in [-0.2, -0.15) is 4.31 Å². The van der Waals surface area contributed by atoms with Crippen LogP contribution in [0, 0.1) is 5.82 Å². The van der Waals surface area contributed by atoms with Crippen molar-refractivity contribution in [1.29, 1.82) is 0 Å². The minimum Gasteiger partial charge on any atom is -0.355 e. The SMILES string of the molecule is CCCCNC(=O)CN(Cc1ccc(F)cc1)S(=O)(=O)c1ccccc1. The fraction of sp³-hybridized carbons (Fsp3) is 0.316. The number of benzene rings is 2. The number of carbonyl (C=O) groups is 1. The summed E-state index contributed by atoms with van der Waals surface area (Å²) in [5.74, 6) is -0.761. The van der Waals surface area contributed by atoms with E-state index in [0.29, 0.717) is 12.1 Å². The van der Waals surface area contributed by atoms with Gasteiger partial charge in [-0.15, -0.1) is 0 Å². The highest BCUT2D eigenvalue weighted by Crippen LogP contribution is 2.18. The summed E-state index contributed by atoms with van der Waals surface area (Å²) in [5, 5.41) is 2.73. The number of halogens is 1. The molecular weight excluding hydrogens is 355 g/mol. The van der Waals surface area contributed by atoms with Crippen LogP contribution in [0.2, 0.25) is 0 Å². The van der Waals surface area contributed by atoms with E-state index in [1.807, 2.05) is 6.92 Å². The number of rotatable bonds is 9. The summed E-state index contributed by atoms with van der Waals surface area (Å²) in [6.45, 7) is 2.20. The molecule has 0 saturated carbocycles. The molecule has 0 aliphatic rings. The number of carbonyl (C=O) groups excluding carboxylic acids is 1. The lowest BCUT2D eigenvalue weighted by Crippen LogP contribution is -2.40. The zero-order valence-electron chi connectivity index (χ0n) is 14.7. The lowest BCUT2D eigenvalue weighted by molar-refractivity contribution is -0.121. The summed E-state index contributed by atoms with van der Waals surface area (Å²) in [6.07, 6.45) is 1.76. The Labute approximate surface area is 153 Å². The molecule has 0 heterocycles. The average Bonchev–Trinajstić information content (AvgIpc) is 2.64. The molecule has 0 fully saturated rings. The van der Waals surface area contributed by atoms with E-state index < -0.39 is 15.8 Å². The second kappa shape index (κ2) is 9.45. The summed E-state index contributed by atoms with van der Waals surface area (Å²) >= 11 is 0. The van der Waals surface area contributed by atoms with Crippen molar-refractivity contribution in [2.45, 2.75) is 31.2 Å². The first-order chi connectivity index (χ1) is 12.4. The Hall–Kier alpha value is -2.25. The maximum absolute atomic E-state index is 13.1. The number of nitrogens with one attached hydrogen (secondary N) is 1. The van der Waals surface area contributed by atoms with Gasteiger partial charge in [-0.25, -0.2) is 12.8 Å². The summed E-state index contributed by atoms with van der Waals surface area (Å²) < 4.78 is 40.1. The Kier molecular flexibility index (Phi) is 7.29. The van der Waals surface area contributed by atoms with Crippen molar-refractivity contribution < 1.29 is 17.6 Å². The monoisotopic (exact) mass is 378 g/mol. The van der Waals surface area contributed by atoms with E-state index >= 15 is 0 Å². The highest BCUT2D eigenvalue weighted by atomic mass is 32.2. The third-order valence-corrected chi connectivity index (χ3v) is 5.63. The van der Waals surface area contributed by atoms with Crippen LogP contribution < -0.4 is 5.32 Å². The number of nitrogens with zero attached hydrogens (tertiary/aromatic N) is 1. The smallest absolute Gasteiger partial charge is 0.243 e. The van der Waals surface area contributed by atoms with Crippen LogP contribution in [-0.4, -0.2) is 31.7 Å². The quantitative estimate of drug-likeness (QED) is 0.682. The molecule has 0 aromatic heterocycles. The van der Waals surface area contributed by atoms with Crippen molar-refractivity contribution >= 4 is 15.9 Å². The van der Waals surface area contributed by atoms with Crippen molar-refractivity contribution in [2.75, 3.05) is 13.1 Å². The van der Waals surface area contributed by atoms with Gasteiger partial charge in [-0.3, -0.25) is 4.79 Å². The second-order valence-corrected chi connectivity index (χ2v) is 7.85. The van der Waals surface area contributed by atoms with Crippen LogP contribution in [0.25, 0.3) is 0 Å². The van der Waals surface area contributed by atoms with Crippen molar-refractivity contribution in [3.63, 3.8) is 0 Å². The van der Waals surface area contributed by atoms with Crippen LogP contribution in [-0.2, 0) is 21.4 Å². The predicted molar refractivity (Wildman–Crippen MR) is 98.4 cm³/mol. The molecule has 140 valence electrons. The van der Waals surface area contributed by atoms with Gasteiger partial charge in [0.25, 0.3) is 0 Å². The normalized spacial score (nSPS) is 11.5. The predicted octanol–water partition coefficient (Wildman–Crippen LogP) is 2.93. The Morgan fingerprint density at radius 1 is 1.08 bits per heavy atom. The Balaban J connectivity index is 2.23. The molecule has 5 nitrogen and oxygen atoms in total. The van der Waals surface area contributed by atoms with E-state index in [-0.39, 0.29) is 23.9 Å². The van der Waals surface area contributed by atoms with Crippen LogP contribution in [0.4, 0.5) is 4.39 Å². The Morgan fingerprint density at radius 3 is 2.35 bits per heavy atom. The lowest BCUT2D eigenvalue weighted by atomic mass is 10.2. The number of unbranched alkanes of at least 4 members (excludes halogenated alkanes) is 1. The van der Waals surface area contributed by atoms with Crippen LogP contribution in [0.5, 0.6) is 0 Å². The molecule has 1 N–H and O–H groups in total. The van der Waals surface area contributed by atoms with Crippen molar-refractivity contribution in [3.05, 3.63) is 66.0 Å². The van der Waals surface area contributed by atoms with Crippen LogP contribution >= 0.6 is 0 Å². The summed E-state index contributed by atoms with van der Waals surface area (Å²) in [4.78, 5) is 12.3. The number of hydrogen-bond donors (Lipinski definition) is 1. The molecule has 0 unspecified atom stereocenters. The molecule has 0 aliphatic carbocycles. The number of amides is 1. The molecule has 7 heteroatoms. The molecule has 2 aromatic rings. The molecule has 1 amide bonds. The van der Waals surface area contributed by atoms with Gasteiger partial charge in [-0.05, 0) is 36.2 Å². The summed E-state index contributed by atoms with van der Waals surface area (Å²) in [7, 11) is -3.86. The second-order valence-electron chi connectivity index (χ2n) is 5.92. The first-order valence-electron chi connectivity index (χ1n) is 8.50. The maximum Gasteiger partial charge on any atom is 0.243 e. The van der Waals surface area contributed by atoms with E-state index in [9.17, 15) is 17.6 Å². The van der Waals surface area contributed by atoms with E-state index in [0.717, 1.165) is 17.1 Å². The molecule has 0 spiro atoms.